The maximum absolute atomic E-state index is 5.39. The Kier molecular flexibility index (Phi) is 4.37. The predicted octanol–water partition coefficient (Wildman–Crippen LogP) is 3.34. The van der Waals surface area contributed by atoms with Crippen molar-refractivity contribution in [1.29, 1.82) is 0 Å². The summed E-state index contributed by atoms with van der Waals surface area (Å²) in [5.74, 6) is 1.06. The van der Waals surface area contributed by atoms with Gasteiger partial charge in [-0.15, -0.1) is 0 Å². The van der Waals surface area contributed by atoms with E-state index >= 15 is 0 Å². The van der Waals surface area contributed by atoms with Gasteiger partial charge in [-0.2, -0.15) is 0 Å². The van der Waals surface area contributed by atoms with E-state index in [2.05, 4.69) is 53.5 Å². The topological polar surface area (TPSA) is 3.24 Å². The molecule has 0 radical (unpaired) electrons. The minimum absolute atomic E-state index is 0.154. The number of rotatable bonds is 3. The summed E-state index contributed by atoms with van der Waals surface area (Å²) in [7, 11) is 2.10. The van der Waals surface area contributed by atoms with Gasteiger partial charge in [0.1, 0.15) is 0 Å². The summed E-state index contributed by atoms with van der Waals surface area (Å²) in [6.45, 7) is 13.3. The molecule has 0 unspecified atom stereocenters. The molecular weight excluding hydrogens is 178 g/mol. The standard InChI is InChI=1S/C11H23NS/c1-8(2)10(13)12(7)11(5,6)9(3)4/h8-9H,1-7H3. The molecule has 0 aliphatic carbocycles. The lowest BCUT2D eigenvalue weighted by Gasteiger charge is -2.42. The summed E-state index contributed by atoms with van der Waals surface area (Å²) in [6, 6.07) is 0. The number of nitrogens with zero attached hydrogens (tertiary/aromatic N) is 1. The van der Waals surface area contributed by atoms with Crippen LogP contribution >= 0.6 is 12.2 Å². The quantitative estimate of drug-likeness (QED) is 0.644. The van der Waals surface area contributed by atoms with E-state index in [1.54, 1.807) is 0 Å². The summed E-state index contributed by atoms with van der Waals surface area (Å²) >= 11 is 5.39. The van der Waals surface area contributed by atoms with Crippen LogP contribution in [0.15, 0.2) is 0 Å². The Balaban J connectivity index is 4.58. The van der Waals surface area contributed by atoms with Crippen LogP contribution < -0.4 is 0 Å². The van der Waals surface area contributed by atoms with Gasteiger partial charge in [0.2, 0.25) is 0 Å². The lowest BCUT2D eigenvalue weighted by molar-refractivity contribution is 0.179. The Morgan fingerprint density at radius 2 is 1.54 bits per heavy atom. The van der Waals surface area contributed by atoms with Crippen LogP contribution in [0, 0.1) is 11.8 Å². The van der Waals surface area contributed by atoms with Crippen molar-refractivity contribution in [3.8, 4) is 0 Å². The maximum atomic E-state index is 5.39. The van der Waals surface area contributed by atoms with Crippen molar-refractivity contribution in [1.82, 2.24) is 4.90 Å². The fourth-order valence-electron chi connectivity index (χ4n) is 1.06. The van der Waals surface area contributed by atoms with Gasteiger partial charge in [0.15, 0.2) is 0 Å². The molecule has 0 aromatic carbocycles. The Morgan fingerprint density at radius 1 is 1.15 bits per heavy atom. The molecule has 0 bridgehead atoms. The highest BCUT2D eigenvalue weighted by Crippen LogP contribution is 2.24. The molecule has 0 aromatic rings. The molecule has 13 heavy (non-hydrogen) atoms. The molecule has 0 saturated carbocycles. The summed E-state index contributed by atoms with van der Waals surface area (Å²) in [4.78, 5) is 3.29. The molecule has 0 spiro atoms. The van der Waals surface area contributed by atoms with Crippen molar-refractivity contribution in [2.75, 3.05) is 7.05 Å². The van der Waals surface area contributed by atoms with E-state index in [0.29, 0.717) is 11.8 Å². The molecule has 1 nitrogen and oxygen atoms in total. The summed E-state index contributed by atoms with van der Waals surface area (Å²) in [5.41, 5.74) is 0.154. The van der Waals surface area contributed by atoms with Gasteiger partial charge in [0.05, 0.1) is 4.99 Å². The second-order valence-electron chi connectivity index (χ2n) is 4.86. The van der Waals surface area contributed by atoms with E-state index in [0.717, 1.165) is 4.99 Å². The SMILES string of the molecule is CC(C)C(=S)N(C)C(C)(C)C(C)C. The zero-order valence-corrected chi connectivity index (χ0v) is 10.8. The Hall–Kier alpha value is -0.110. The number of hydrogen-bond acceptors (Lipinski definition) is 1. The second kappa shape index (κ2) is 4.41. The van der Waals surface area contributed by atoms with Crippen molar-refractivity contribution in [2.45, 2.75) is 47.1 Å². The molecule has 0 atom stereocenters. The Bertz CT molecular complexity index is 183. The van der Waals surface area contributed by atoms with E-state index in [1.807, 2.05) is 0 Å². The largest absolute Gasteiger partial charge is 0.364 e. The molecule has 0 N–H and O–H groups in total. The Morgan fingerprint density at radius 3 is 1.77 bits per heavy atom. The minimum atomic E-state index is 0.154. The highest BCUT2D eigenvalue weighted by atomic mass is 32.1. The molecule has 0 heterocycles. The highest BCUT2D eigenvalue weighted by Gasteiger charge is 2.29. The van der Waals surface area contributed by atoms with E-state index in [9.17, 15) is 0 Å². The second-order valence-corrected chi connectivity index (χ2v) is 5.28. The summed E-state index contributed by atoms with van der Waals surface area (Å²) in [6.07, 6.45) is 0. The fourth-order valence-corrected chi connectivity index (χ4v) is 1.29. The molecule has 0 aromatic heterocycles. The van der Waals surface area contributed by atoms with E-state index in [4.69, 9.17) is 12.2 Å². The summed E-state index contributed by atoms with van der Waals surface area (Å²) in [5, 5.41) is 0. The van der Waals surface area contributed by atoms with Gasteiger partial charge in [0, 0.05) is 18.5 Å². The lowest BCUT2D eigenvalue weighted by Crippen LogP contribution is -2.49. The molecule has 0 aliphatic rings. The van der Waals surface area contributed by atoms with Crippen molar-refractivity contribution in [3.05, 3.63) is 0 Å². The zero-order chi connectivity index (χ0) is 10.8. The van der Waals surface area contributed by atoms with Gasteiger partial charge in [-0.1, -0.05) is 39.9 Å². The van der Waals surface area contributed by atoms with Crippen LogP contribution in [0.3, 0.4) is 0 Å². The van der Waals surface area contributed by atoms with E-state index < -0.39 is 0 Å². The smallest absolute Gasteiger partial charge is 0.0807 e. The van der Waals surface area contributed by atoms with Crippen LogP contribution in [-0.2, 0) is 0 Å². The van der Waals surface area contributed by atoms with E-state index in [1.165, 1.54) is 0 Å². The van der Waals surface area contributed by atoms with Gasteiger partial charge in [0.25, 0.3) is 0 Å². The highest BCUT2D eigenvalue weighted by molar-refractivity contribution is 7.80. The van der Waals surface area contributed by atoms with E-state index in [-0.39, 0.29) is 5.54 Å². The minimum Gasteiger partial charge on any atom is -0.364 e. The first kappa shape index (κ1) is 12.9. The van der Waals surface area contributed by atoms with Crippen LogP contribution in [0.4, 0.5) is 0 Å². The van der Waals surface area contributed by atoms with Crippen LogP contribution in [-0.4, -0.2) is 22.5 Å². The molecular formula is C11H23NS. The van der Waals surface area contributed by atoms with Crippen LogP contribution in [0.1, 0.15) is 41.5 Å². The van der Waals surface area contributed by atoms with Crippen LogP contribution in [0.2, 0.25) is 0 Å². The van der Waals surface area contributed by atoms with Crippen LogP contribution in [0.25, 0.3) is 0 Å². The molecule has 0 rings (SSSR count). The third-order valence-corrected chi connectivity index (χ3v) is 3.85. The van der Waals surface area contributed by atoms with Gasteiger partial charge >= 0.3 is 0 Å². The van der Waals surface area contributed by atoms with Crippen LogP contribution in [0.5, 0.6) is 0 Å². The lowest BCUT2D eigenvalue weighted by atomic mass is 9.88. The molecule has 0 saturated heterocycles. The first-order chi connectivity index (χ1) is 5.71. The zero-order valence-electron chi connectivity index (χ0n) is 10.0. The monoisotopic (exact) mass is 201 g/mol. The fraction of sp³-hybridized carbons (Fsp3) is 0.909. The number of hydrogen-bond donors (Lipinski definition) is 0. The predicted molar refractivity (Wildman–Crippen MR) is 64.1 cm³/mol. The molecule has 78 valence electrons. The molecule has 0 fully saturated rings. The Labute approximate surface area is 88.5 Å². The average Bonchev–Trinajstić information content (AvgIpc) is 2.01. The molecule has 0 aliphatic heterocycles. The van der Waals surface area contributed by atoms with Gasteiger partial charge in [-0.3, -0.25) is 0 Å². The van der Waals surface area contributed by atoms with Gasteiger partial charge in [-0.25, -0.2) is 0 Å². The average molecular weight is 201 g/mol. The van der Waals surface area contributed by atoms with Crippen molar-refractivity contribution in [2.24, 2.45) is 11.8 Å². The van der Waals surface area contributed by atoms with Crippen molar-refractivity contribution in [3.63, 3.8) is 0 Å². The first-order valence-electron chi connectivity index (χ1n) is 4.99. The third kappa shape index (κ3) is 2.94. The number of thiocarbonyl (C=S) groups is 1. The first-order valence-corrected chi connectivity index (χ1v) is 5.39. The summed E-state index contributed by atoms with van der Waals surface area (Å²) < 4.78 is 0. The van der Waals surface area contributed by atoms with Gasteiger partial charge in [-0.05, 0) is 19.8 Å². The van der Waals surface area contributed by atoms with Crippen molar-refractivity contribution >= 4 is 17.2 Å². The third-order valence-electron chi connectivity index (χ3n) is 3.10. The molecule has 0 amide bonds. The van der Waals surface area contributed by atoms with Crippen molar-refractivity contribution < 1.29 is 0 Å². The maximum Gasteiger partial charge on any atom is 0.0807 e. The van der Waals surface area contributed by atoms with Gasteiger partial charge < -0.3 is 4.90 Å². The molecule has 2 heteroatoms. The normalized spacial score (nSPS) is 12.4.